The molecule has 1 amide bonds. The maximum absolute atomic E-state index is 14.7. The molecule has 0 fully saturated rings. The Hall–Kier alpha value is -4.81. The van der Waals surface area contributed by atoms with Gasteiger partial charge in [0.15, 0.2) is 0 Å². The number of anilines is 1. The summed E-state index contributed by atoms with van der Waals surface area (Å²) >= 11 is 0. The Labute approximate surface area is 225 Å². The van der Waals surface area contributed by atoms with Crippen LogP contribution in [0.4, 0.5) is 10.1 Å². The number of imidazole rings is 1. The van der Waals surface area contributed by atoms with Gasteiger partial charge in [0.2, 0.25) is 11.8 Å². The molecule has 9 heteroatoms. The van der Waals surface area contributed by atoms with Gasteiger partial charge in [0.05, 0.1) is 12.3 Å². The number of H-pyrrole nitrogens is 1. The van der Waals surface area contributed by atoms with Gasteiger partial charge in [-0.1, -0.05) is 43.2 Å². The van der Waals surface area contributed by atoms with E-state index in [1.807, 2.05) is 18.2 Å². The minimum Gasteiger partial charge on any atom is -0.493 e. The zero-order valence-electron chi connectivity index (χ0n) is 21.5. The molecule has 0 saturated carbocycles. The number of amides is 1. The molecule has 200 valence electrons. The molecular weight excluding hydrogens is 501 g/mol. The molecular formula is C30H28FN3O5. The van der Waals surface area contributed by atoms with E-state index < -0.39 is 35.3 Å². The average molecular weight is 530 g/mol. The summed E-state index contributed by atoms with van der Waals surface area (Å²) < 4.78 is 26.2. The predicted octanol–water partition coefficient (Wildman–Crippen LogP) is 4.68. The smallest absolute Gasteiger partial charge is 0.329 e. The van der Waals surface area contributed by atoms with Gasteiger partial charge in [0.25, 0.3) is 0 Å². The standard InChI is InChI=1S/C30H28FN3O5/c1-4-20-10-15-25(24(31)18-20)32-28(35)27(19(2)21-8-6-5-7-9-21)34-29(36)26(33-30(34)37)22-11-13-23(14-12-22)39-17-16-38-3/h1,5-15,18-19,27,36H,16-17H2,2-3H3,(H,32,35)(H,33,37)/t19-,27-/m0/s1. The van der Waals surface area contributed by atoms with E-state index in [-0.39, 0.29) is 11.4 Å². The SMILES string of the molecule is C#Cc1ccc(NC(=O)[C@H]([C@@H](C)c2ccccc2)n2c(O)c(-c3ccc(OCCOC)cc3)[nH]c2=O)c(F)c1. The second-order valence-corrected chi connectivity index (χ2v) is 8.84. The predicted molar refractivity (Wildman–Crippen MR) is 146 cm³/mol. The number of rotatable bonds is 10. The molecule has 0 bridgehead atoms. The van der Waals surface area contributed by atoms with E-state index in [2.05, 4.69) is 16.2 Å². The number of aromatic hydroxyl groups is 1. The number of terminal acetylenes is 1. The molecule has 3 N–H and O–H groups in total. The third-order valence-electron chi connectivity index (χ3n) is 6.34. The molecule has 0 aliphatic carbocycles. The number of carbonyl (C=O) groups excluding carboxylic acids is 1. The summed E-state index contributed by atoms with van der Waals surface area (Å²) in [7, 11) is 1.58. The average Bonchev–Trinajstić information content (AvgIpc) is 3.24. The normalized spacial score (nSPS) is 12.4. The Kier molecular flexibility index (Phi) is 8.49. The number of halogens is 1. The molecule has 0 unspecified atom stereocenters. The van der Waals surface area contributed by atoms with Gasteiger partial charge in [0.1, 0.15) is 29.9 Å². The fourth-order valence-electron chi connectivity index (χ4n) is 4.28. The lowest BCUT2D eigenvalue weighted by Gasteiger charge is -2.25. The molecule has 0 radical (unpaired) electrons. The topological polar surface area (TPSA) is 106 Å². The first-order valence-corrected chi connectivity index (χ1v) is 12.2. The third-order valence-corrected chi connectivity index (χ3v) is 6.34. The minimum atomic E-state index is -1.23. The van der Waals surface area contributed by atoms with Crippen molar-refractivity contribution in [1.82, 2.24) is 9.55 Å². The number of ether oxygens (including phenoxy) is 2. The number of benzene rings is 3. The molecule has 0 aliphatic heterocycles. The number of hydrogen-bond acceptors (Lipinski definition) is 5. The van der Waals surface area contributed by atoms with E-state index in [0.29, 0.717) is 30.1 Å². The first kappa shape index (κ1) is 27.2. The number of methoxy groups -OCH3 is 1. The third kappa shape index (κ3) is 6.03. The maximum Gasteiger partial charge on any atom is 0.329 e. The number of aromatic amines is 1. The first-order valence-electron chi connectivity index (χ1n) is 12.2. The van der Waals surface area contributed by atoms with E-state index in [1.54, 1.807) is 50.4 Å². The number of aromatic nitrogens is 2. The summed E-state index contributed by atoms with van der Waals surface area (Å²) in [6.45, 7) is 2.55. The van der Waals surface area contributed by atoms with Crippen LogP contribution in [-0.2, 0) is 9.53 Å². The van der Waals surface area contributed by atoms with Gasteiger partial charge >= 0.3 is 5.69 Å². The summed E-state index contributed by atoms with van der Waals surface area (Å²) in [5.41, 5.74) is 0.896. The Balaban J connectivity index is 1.72. The molecule has 8 nitrogen and oxygen atoms in total. The summed E-state index contributed by atoms with van der Waals surface area (Å²) in [6.07, 6.45) is 5.33. The molecule has 4 aromatic rings. The van der Waals surface area contributed by atoms with Crippen LogP contribution in [0.25, 0.3) is 11.3 Å². The molecule has 39 heavy (non-hydrogen) atoms. The van der Waals surface area contributed by atoms with Crippen molar-refractivity contribution in [2.24, 2.45) is 0 Å². The number of hydrogen-bond donors (Lipinski definition) is 3. The first-order chi connectivity index (χ1) is 18.8. The molecule has 1 aromatic heterocycles. The van der Waals surface area contributed by atoms with Crippen LogP contribution in [0.5, 0.6) is 11.6 Å². The second-order valence-electron chi connectivity index (χ2n) is 8.84. The zero-order valence-corrected chi connectivity index (χ0v) is 21.5. The lowest BCUT2D eigenvalue weighted by atomic mass is 9.92. The van der Waals surface area contributed by atoms with E-state index >= 15 is 0 Å². The summed E-state index contributed by atoms with van der Waals surface area (Å²) in [5, 5.41) is 13.8. The zero-order chi connectivity index (χ0) is 27.9. The van der Waals surface area contributed by atoms with E-state index in [4.69, 9.17) is 15.9 Å². The van der Waals surface area contributed by atoms with E-state index in [1.165, 1.54) is 12.1 Å². The Morgan fingerprint density at radius 1 is 1.13 bits per heavy atom. The summed E-state index contributed by atoms with van der Waals surface area (Å²) in [5.74, 6) is 0.504. The molecule has 3 aromatic carbocycles. The van der Waals surface area contributed by atoms with Crippen LogP contribution >= 0.6 is 0 Å². The van der Waals surface area contributed by atoms with Crippen LogP contribution in [0.15, 0.2) is 77.6 Å². The van der Waals surface area contributed by atoms with Gasteiger partial charge in [-0.15, -0.1) is 6.42 Å². The Bertz CT molecular complexity index is 1540. The monoisotopic (exact) mass is 529 g/mol. The van der Waals surface area contributed by atoms with Crippen LogP contribution in [0.3, 0.4) is 0 Å². The largest absolute Gasteiger partial charge is 0.493 e. The molecule has 4 rings (SSSR count). The van der Waals surface area contributed by atoms with Crippen molar-refractivity contribution in [1.29, 1.82) is 0 Å². The van der Waals surface area contributed by atoms with Crippen molar-refractivity contribution in [2.45, 2.75) is 18.9 Å². The number of nitrogens with zero attached hydrogens (tertiary/aromatic N) is 1. The van der Waals surface area contributed by atoms with Crippen LogP contribution in [0, 0.1) is 18.2 Å². The number of nitrogens with one attached hydrogen (secondary N) is 2. The second kappa shape index (κ2) is 12.2. The highest BCUT2D eigenvalue weighted by molar-refractivity contribution is 5.95. The van der Waals surface area contributed by atoms with Crippen molar-refractivity contribution < 1.29 is 23.8 Å². The molecule has 1 heterocycles. The molecule has 2 atom stereocenters. The van der Waals surface area contributed by atoms with Crippen molar-refractivity contribution in [2.75, 3.05) is 25.6 Å². The van der Waals surface area contributed by atoms with Crippen molar-refractivity contribution >= 4 is 11.6 Å². The fourth-order valence-corrected chi connectivity index (χ4v) is 4.28. The van der Waals surface area contributed by atoms with E-state index in [0.717, 1.165) is 16.2 Å². The van der Waals surface area contributed by atoms with Gasteiger partial charge in [0, 0.05) is 24.2 Å². The fraction of sp³-hybridized carbons (Fsp3) is 0.200. The molecule has 0 spiro atoms. The van der Waals surface area contributed by atoms with Crippen molar-refractivity contribution in [3.05, 3.63) is 100 Å². The molecule has 0 saturated heterocycles. The van der Waals surface area contributed by atoms with Gasteiger partial charge in [-0.2, -0.15) is 0 Å². The van der Waals surface area contributed by atoms with Gasteiger partial charge in [-0.05, 0) is 48.0 Å². The highest BCUT2D eigenvalue weighted by Crippen LogP contribution is 2.35. The number of carbonyl (C=O) groups is 1. The Morgan fingerprint density at radius 3 is 2.49 bits per heavy atom. The van der Waals surface area contributed by atoms with Crippen LogP contribution in [-0.4, -0.2) is 40.9 Å². The van der Waals surface area contributed by atoms with Gasteiger partial charge in [-0.25, -0.2) is 13.8 Å². The minimum absolute atomic E-state index is 0.100. The quantitative estimate of drug-likeness (QED) is 0.204. The lowest BCUT2D eigenvalue weighted by Crippen LogP contribution is -2.35. The van der Waals surface area contributed by atoms with Crippen LogP contribution < -0.4 is 15.7 Å². The van der Waals surface area contributed by atoms with Gasteiger partial charge < -0.3 is 24.9 Å². The molecule has 0 aliphatic rings. The summed E-state index contributed by atoms with van der Waals surface area (Å²) in [6, 6.07) is 18.6. The highest BCUT2D eigenvalue weighted by Gasteiger charge is 2.33. The van der Waals surface area contributed by atoms with Crippen molar-refractivity contribution in [3.8, 4) is 35.2 Å². The van der Waals surface area contributed by atoms with Crippen molar-refractivity contribution in [3.63, 3.8) is 0 Å². The highest BCUT2D eigenvalue weighted by atomic mass is 19.1. The summed E-state index contributed by atoms with van der Waals surface area (Å²) in [4.78, 5) is 29.5. The lowest BCUT2D eigenvalue weighted by molar-refractivity contribution is -0.120. The van der Waals surface area contributed by atoms with Crippen LogP contribution in [0.2, 0.25) is 0 Å². The van der Waals surface area contributed by atoms with Gasteiger partial charge in [-0.3, -0.25) is 4.79 Å². The maximum atomic E-state index is 14.7. The Morgan fingerprint density at radius 2 is 1.85 bits per heavy atom. The van der Waals surface area contributed by atoms with Crippen LogP contribution in [0.1, 0.15) is 30.0 Å². The van der Waals surface area contributed by atoms with E-state index in [9.17, 15) is 19.1 Å².